The van der Waals surface area contributed by atoms with Gasteiger partial charge in [-0.25, -0.2) is 17.5 Å². The second-order valence-corrected chi connectivity index (χ2v) is 7.47. The Balaban J connectivity index is 2.19. The van der Waals surface area contributed by atoms with Crippen molar-refractivity contribution in [2.24, 2.45) is 0 Å². The second kappa shape index (κ2) is 7.96. The molecule has 1 N–H and O–H groups in total. The van der Waals surface area contributed by atoms with Crippen molar-refractivity contribution in [3.8, 4) is 5.75 Å². The van der Waals surface area contributed by atoms with E-state index in [4.69, 9.17) is 16.3 Å². The van der Waals surface area contributed by atoms with E-state index in [1.165, 1.54) is 18.2 Å². The van der Waals surface area contributed by atoms with Gasteiger partial charge >= 0.3 is 0 Å². The Morgan fingerprint density at radius 3 is 2.42 bits per heavy atom. The molecule has 0 saturated heterocycles. The first-order valence-corrected chi connectivity index (χ1v) is 9.46. The third-order valence-corrected chi connectivity index (χ3v) is 5.31. The molecule has 0 aliphatic heterocycles. The summed E-state index contributed by atoms with van der Waals surface area (Å²) in [6.45, 7) is 1.87. The number of hydrogen-bond acceptors (Lipinski definition) is 3. The van der Waals surface area contributed by atoms with E-state index in [1.807, 2.05) is 6.92 Å². The highest BCUT2D eigenvalue weighted by molar-refractivity contribution is 7.88. The summed E-state index contributed by atoms with van der Waals surface area (Å²) in [6, 6.07) is 10.8. The molecule has 0 aromatic heterocycles. The summed E-state index contributed by atoms with van der Waals surface area (Å²) in [5, 5.41) is 0.0953. The van der Waals surface area contributed by atoms with Crippen LogP contribution in [0.15, 0.2) is 42.5 Å². The Kier molecular flexibility index (Phi) is 6.21. The van der Waals surface area contributed by atoms with Crippen molar-refractivity contribution in [2.45, 2.75) is 25.1 Å². The number of benzene rings is 2. The predicted molar refractivity (Wildman–Crippen MR) is 93.2 cm³/mol. The van der Waals surface area contributed by atoms with Gasteiger partial charge in [0.15, 0.2) is 0 Å². The minimum absolute atomic E-state index is 0.0312. The highest BCUT2D eigenvalue weighted by atomic mass is 35.5. The molecule has 0 heterocycles. The Hall–Kier alpha value is -1.63. The lowest BCUT2D eigenvalue weighted by atomic mass is 10.1. The Bertz CT molecular complexity index is 774. The van der Waals surface area contributed by atoms with Crippen LogP contribution in [-0.4, -0.2) is 15.5 Å². The van der Waals surface area contributed by atoms with Gasteiger partial charge in [-0.05, 0) is 36.2 Å². The normalized spacial score (nSPS) is 12.8. The van der Waals surface area contributed by atoms with Gasteiger partial charge in [0.1, 0.15) is 11.6 Å². The lowest BCUT2D eigenvalue weighted by molar-refractivity contribution is 0.414. The van der Waals surface area contributed by atoms with Gasteiger partial charge in [-0.1, -0.05) is 36.7 Å². The molecule has 0 saturated carbocycles. The van der Waals surface area contributed by atoms with Crippen molar-refractivity contribution in [3.05, 3.63) is 64.4 Å². The molecule has 130 valence electrons. The summed E-state index contributed by atoms with van der Waals surface area (Å²) in [5.41, 5.74) is 0.776. The molecule has 0 fully saturated rings. The minimum Gasteiger partial charge on any atom is -0.497 e. The van der Waals surface area contributed by atoms with E-state index >= 15 is 0 Å². The van der Waals surface area contributed by atoms with Crippen LogP contribution < -0.4 is 9.46 Å². The second-order valence-electron chi connectivity index (χ2n) is 5.31. The highest BCUT2D eigenvalue weighted by Gasteiger charge is 2.21. The number of sulfonamides is 1. The number of ether oxygens (including phenoxy) is 1. The van der Waals surface area contributed by atoms with E-state index in [0.717, 1.165) is 5.56 Å². The standard InChI is InChI=1S/C17H19ClFNO3S/c1-3-17(12-7-9-13(23-2)10-8-12)20-24(21,22)11-14-15(18)5-4-6-16(14)19/h4-10,17,20H,3,11H2,1-2H3/t17-/m1/s1. The third kappa shape index (κ3) is 4.69. The van der Waals surface area contributed by atoms with Gasteiger partial charge in [-0.15, -0.1) is 0 Å². The molecule has 0 radical (unpaired) electrons. The summed E-state index contributed by atoms with van der Waals surface area (Å²) < 4.78 is 46.3. The summed E-state index contributed by atoms with van der Waals surface area (Å²) in [5.74, 6) is -0.453. The molecule has 7 heteroatoms. The van der Waals surface area contributed by atoms with Crippen LogP contribution in [0.25, 0.3) is 0 Å². The van der Waals surface area contributed by atoms with Gasteiger partial charge in [0.2, 0.25) is 10.0 Å². The van der Waals surface area contributed by atoms with Crippen molar-refractivity contribution in [2.75, 3.05) is 7.11 Å². The van der Waals surface area contributed by atoms with E-state index in [9.17, 15) is 12.8 Å². The maximum atomic E-state index is 13.8. The molecule has 0 aliphatic carbocycles. The first kappa shape index (κ1) is 18.7. The molecule has 4 nitrogen and oxygen atoms in total. The maximum Gasteiger partial charge on any atom is 0.216 e. The van der Waals surface area contributed by atoms with Gasteiger partial charge in [-0.2, -0.15) is 0 Å². The summed E-state index contributed by atoms with van der Waals surface area (Å²) in [7, 11) is -2.20. The van der Waals surface area contributed by atoms with Crippen LogP contribution in [-0.2, 0) is 15.8 Å². The SMILES string of the molecule is CC[C@@H](NS(=O)(=O)Cc1c(F)cccc1Cl)c1ccc(OC)cc1. The van der Waals surface area contributed by atoms with Crippen LogP contribution in [0, 0.1) is 5.82 Å². The number of rotatable bonds is 7. The van der Waals surface area contributed by atoms with Crippen LogP contribution in [0.2, 0.25) is 5.02 Å². The fraction of sp³-hybridized carbons (Fsp3) is 0.294. The largest absolute Gasteiger partial charge is 0.497 e. The topological polar surface area (TPSA) is 55.4 Å². The zero-order valence-electron chi connectivity index (χ0n) is 13.4. The fourth-order valence-corrected chi connectivity index (χ4v) is 4.14. The zero-order valence-corrected chi connectivity index (χ0v) is 15.0. The lowest BCUT2D eigenvalue weighted by Gasteiger charge is -2.18. The average Bonchev–Trinajstić information content (AvgIpc) is 2.56. The number of nitrogens with one attached hydrogen (secondary N) is 1. The van der Waals surface area contributed by atoms with Crippen molar-refractivity contribution < 1.29 is 17.5 Å². The number of methoxy groups -OCH3 is 1. The molecule has 2 rings (SSSR count). The van der Waals surface area contributed by atoms with Crippen LogP contribution in [0.4, 0.5) is 4.39 Å². The first-order chi connectivity index (χ1) is 11.4. The Labute approximate surface area is 146 Å². The number of halogens is 2. The highest BCUT2D eigenvalue weighted by Crippen LogP contribution is 2.24. The van der Waals surface area contributed by atoms with Gasteiger partial charge in [0, 0.05) is 16.6 Å². The zero-order chi connectivity index (χ0) is 17.7. The minimum atomic E-state index is -3.76. The van der Waals surface area contributed by atoms with Crippen molar-refractivity contribution in [1.29, 1.82) is 0 Å². The lowest BCUT2D eigenvalue weighted by Crippen LogP contribution is -2.29. The molecule has 0 bridgehead atoms. The van der Waals surface area contributed by atoms with Crippen LogP contribution in [0.1, 0.15) is 30.5 Å². The molecule has 2 aromatic rings. The fourth-order valence-electron chi connectivity index (χ4n) is 2.34. The van der Waals surface area contributed by atoms with Gasteiger partial charge in [0.05, 0.1) is 12.9 Å². The van der Waals surface area contributed by atoms with Crippen molar-refractivity contribution >= 4 is 21.6 Å². The molecular formula is C17H19ClFNO3S. The van der Waals surface area contributed by atoms with Gasteiger partial charge < -0.3 is 4.74 Å². The predicted octanol–water partition coefficient (Wildman–Crippen LogP) is 4.06. The molecule has 0 spiro atoms. The molecule has 24 heavy (non-hydrogen) atoms. The molecule has 0 amide bonds. The van der Waals surface area contributed by atoms with Crippen molar-refractivity contribution in [3.63, 3.8) is 0 Å². The van der Waals surface area contributed by atoms with E-state index in [2.05, 4.69) is 4.72 Å². The van der Waals surface area contributed by atoms with Gasteiger partial charge in [0.25, 0.3) is 0 Å². The molecule has 0 unspecified atom stereocenters. The molecule has 2 aromatic carbocycles. The van der Waals surface area contributed by atoms with Crippen LogP contribution >= 0.6 is 11.6 Å². The molecule has 1 atom stereocenters. The van der Waals surface area contributed by atoms with Crippen molar-refractivity contribution in [1.82, 2.24) is 4.72 Å². The summed E-state index contributed by atoms with van der Waals surface area (Å²) in [6.07, 6.45) is 0.552. The van der Waals surface area contributed by atoms with E-state index in [0.29, 0.717) is 12.2 Å². The summed E-state index contributed by atoms with van der Waals surface area (Å²) >= 11 is 5.91. The Morgan fingerprint density at radius 2 is 1.88 bits per heavy atom. The first-order valence-electron chi connectivity index (χ1n) is 7.43. The van der Waals surface area contributed by atoms with Gasteiger partial charge in [-0.3, -0.25) is 0 Å². The Morgan fingerprint density at radius 1 is 1.21 bits per heavy atom. The number of hydrogen-bond donors (Lipinski definition) is 1. The van der Waals surface area contributed by atoms with E-state index in [-0.39, 0.29) is 10.6 Å². The maximum absolute atomic E-state index is 13.8. The molecule has 0 aliphatic rings. The third-order valence-electron chi connectivity index (χ3n) is 3.64. The average molecular weight is 372 g/mol. The van der Waals surface area contributed by atoms with E-state index in [1.54, 1.807) is 31.4 Å². The quantitative estimate of drug-likeness (QED) is 0.798. The van der Waals surface area contributed by atoms with Crippen LogP contribution in [0.5, 0.6) is 5.75 Å². The monoisotopic (exact) mass is 371 g/mol. The van der Waals surface area contributed by atoms with Crippen LogP contribution in [0.3, 0.4) is 0 Å². The van der Waals surface area contributed by atoms with E-state index < -0.39 is 27.6 Å². The smallest absolute Gasteiger partial charge is 0.216 e. The molecular weight excluding hydrogens is 353 g/mol. The summed E-state index contributed by atoms with van der Waals surface area (Å²) in [4.78, 5) is 0.